The molecule has 0 radical (unpaired) electrons. The number of halogens is 3. The molecule has 4 rings (SSSR count). The number of nitrogens with zero attached hydrogens (tertiary/aromatic N) is 2. The summed E-state index contributed by atoms with van der Waals surface area (Å²) in [7, 11) is 0. The van der Waals surface area contributed by atoms with E-state index in [4.69, 9.17) is 5.73 Å². The maximum Gasteiger partial charge on any atom is 0.224 e. The monoisotopic (exact) mass is 464 g/mol. The van der Waals surface area contributed by atoms with Gasteiger partial charge < -0.3 is 16.0 Å². The van der Waals surface area contributed by atoms with Crippen LogP contribution in [0, 0.1) is 11.8 Å². The number of hydrogen-bond acceptors (Lipinski definition) is 4. The van der Waals surface area contributed by atoms with Crippen molar-refractivity contribution in [2.45, 2.75) is 44.6 Å². The fraction of sp³-hybridized carbons (Fsp3) is 0.667. The molecular weight excluding hydrogens is 431 g/mol. The molecule has 29 heavy (non-hydrogen) atoms. The van der Waals surface area contributed by atoms with Gasteiger partial charge in [-0.05, 0) is 55.7 Å². The lowest BCUT2D eigenvalue weighted by Gasteiger charge is -2.36. The second-order valence-electron chi connectivity index (χ2n) is 8.39. The predicted octanol–water partition coefficient (Wildman–Crippen LogP) is 3.94. The van der Waals surface area contributed by atoms with E-state index in [0.29, 0.717) is 12.3 Å². The van der Waals surface area contributed by atoms with Gasteiger partial charge in [0.2, 0.25) is 5.91 Å². The molecule has 0 spiro atoms. The number of benzene rings is 1. The highest BCUT2D eigenvalue weighted by atomic mass is 35.5. The van der Waals surface area contributed by atoms with Crippen molar-refractivity contribution >= 4 is 54.5 Å². The van der Waals surface area contributed by atoms with Crippen LogP contribution in [-0.4, -0.2) is 49.6 Å². The van der Waals surface area contributed by atoms with Crippen LogP contribution in [0.15, 0.2) is 24.3 Å². The average Bonchev–Trinajstić information content (AvgIpc) is 3.37. The number of rotatable bonds is 6. The Bertz CT molecular complexity index is 636. The van der Waals surface area contributed by atoms with Crippen LogP contribution in [-0.2, 0) is 4.79 Å². The summed E-state index contributed by atoms with van der Waals surface area (Å²) in [6, 6.07) is 8.49. The Hall–Kier alpha value is -0.720. The summed E-state index contributed by atoms with van der Waals surface area (Å²) in [5.41, 5.74) is 8.21. The zero-order valence-electron chi connectivity index (χ0n) is 16.9. The fourth-order valence-corrected chi connectivity index (χ4v) is 4.40. The Morgan fingerprint density at radius 2 is 1.76 bits per heavy atom. The summed E-state index contributed by atoms with van der Waals surface area (Å²) in [6.07, 6.45) is 6.69. The zero-order chi connectivity index (χ0) is 17.9. The molecule has 3 N–H and O–H groups in total. The molecule has 1 heterocycles. The lowest BCUT2D eigenvalue weighted by molar-refractivity contribution is -0.117. The van der Waals surface area contributed by atoms with E-state index in [9.17, 15) is 4.79 Å². The molecule has 166 valence electrons. The van der Waals surface area contributed by atoms with Crippen molar-refractivity contribution < 1.29 is 4.79 Å². The molecule has 0 aromatic heterocycles. The normalized spacial score (nSPS) is 24.1. The van der Waals surface area contributed by atoms with Gasteiger partial charge in [-0.15, -0.1) is 37.2 Å². The second kappa shape index (κ2) is 12.2. The molecule has 1 aliphatic heterocycles. The van der Waals surface area contributed by atoms with Gasteiger partial charge >= 0.3 is 0 Å². The van der Waals surface area contributed by atoms with E-state index in [0.717, 1.165) is 57.0 Å². The standard InChI is InChI=1S/C21H32N4O.3ClH/c22-20-6-1-3-17(20)13-21(26)23-18-4-2-5-19(14-18)25-11-9-24(10-12-25)15-16-7-8-16;;;/h2,4-5,14,16-17,20H,1,3,6-13,15,22H2,(H,23,26);3*1H/t17-,20+;;;/m0.../s1. The Kier molecular flexibility index (Phi) is 11.1. The Labute approximate surface area is 193 Å². The molecular formula is C21H35Cl3N4O. The molecule has 1 aromatic carbocycles. The van der Waals surface area contributed by atoms with Crippen LogP contribution >= 0.6 is 37.2 Å². The summed E-state index contributed by atoms with van der Waals surface area (Å²) in [6.45, 7) is 5.72. The van der Waals surface area contributed by atoms with Gasteiger partial charge in [0, 0.05) is 56.6 Å². The predicted molar refractivity (Wildman–Crippen MR) is 128 cm³/mol. The molecule has 5 nitrogen and oxygen atoms in total. The molecule has 0 bridgehead atoms. The van der Waals surface area contributed by atoms with E-state index in [2.05, 4.69) is 27.2 Å². The third kappa shape index (κ3) is 7.48. The molecule has 2 saturated carbocycles. The van der Waals surface area contributed by atoms with Gasteiger partial charge in [-0.1, -0.05) is 12.5 Å². The molecule has 0 unspecified atom stereocenters. The first-order valence-electron chi connectivity index (χ1n) is 10.3. The first-order valence-corrected chi connectivity index (χ1v) is 10.3. The summed E-state index contributed by atoms with van der Waals surface area (Å²) < 4.78 is 0. The lowest BCUT2D eigenvalue weighted by atomic mass is 10.00. The third-order valence-electron chi connectivity index (χ3n) is 6.25. The maximum absolute atomic E-state index is 12.4. The first kappa shape index (κ1) is 26.3. The minimum Gasteiger partial charge on any atom is -0.369 e. The molecule has 1 aromatic rings. The van der Waals surface area contributed by atoms with Crippen molar-refractivity contribution in [2.75, 3.05) is 42.9 Å². The number of piperazine rings is 1. The van der Waals surface area contributed by atoms with E-state index >= 15 is 0 Å². The molecule has 3 fully saturated rings. The van der Waals surface area contributed by atoms with Gasteiger partial charge in [0.15, 0.2) is 0 Å². The number of carbonyl (C=O) groups is 1. The van der Waals surface area contributed by atoms with Gasteiger partial charge in [-0.2, -0.15) is 0 Å². The number of anilines is 2. The van der Waals surface area contributed by atoms with E-state index in [-0.39, 0.29) is 49.2 Å². The Balaban J connectivity index is 0.00000140. The Morgan fingerprint density at radius 3 is 2.38 bits per heavy atom. The van der Waals surface area contributed by atoms with E-state index in [1.165, 1.54) is 25.1 Å². The van der Waals surface area contributed by atoms with E-state index in [1.54, 1.807) is 0 Å². The van der Waals surface area contributed by atoms with Crippen LogP contribution in [0.1, 0.15) is 38.5 Å². The second-order valence-corrected chi connectivity index (χ2v) is 8.39. The van der Waals surface area contributed by atoms with E-state index < -0.39 is 0 Å². The molecule has 8 heteroatoms. The van der Waals surface area contributed by atoms with Crippen molar-refractivity contribution in [2.24, 2.45) is 17.6 Å². The topological polar surface area (TPSA) is 61.6 Å². The SMILES string of the molecule is Cl.Cl.Cl.N[C@@H]1CCC[C@H]1CC(=O)Nc1cccc(N2CCN(CC3CC3)CC2)c1. The highest BCUT2D eigenvalue weighted by Gasteiger charge is 2.27. The molecule has 1 saturated heterocycles. The van der Waals surface area contributed by atoms with Gasteiger partial charge in [0.05, 0.1) is 0 Å². The van der Waals surface area contributed by atoms with Crippen LogP contribution < -0.4 is 16.0 Å². The lowest BCUT2D eigenvalue weighted by Crippen LogP contribution is -2.47. The summed E-state index contributed by atoms with van der Waals surface area (Å²) in [5.74, 6) is 1.41. The Morgan fingerprint density at radius 1 is 1.03 bits per heavy atom. The van der Waals surface area contributed by atoms with Crippen LogP contribution in [0.3, 0.4) is 0 Å². The zero-order valence-corrected chi connectivity index (χ0v) is 19.4. The minimum absolute atomic E-state index is 0. The van der Waals surface area contributed by atoms with E-state index in [1.807, 2.05) is 12.1 Å². The molecule has 2 atom stereocenters. The largest absolute Gasteiger partial charge is 0.369 e. The van der Waals surface area contributed by atoms with Gasteiger partial charge in [-0.3, -0.25) is 9.69 Å². The van der Waals surface area contributed by atoms with Crippen molar-refractivity contribution in [1.29, 1.82) is 0 Å². The maximum atomic E-state index is 12.4. The number of nitrogens with two attached hydrogens (primary N) is 1. The van der Waals surface area contributed by atoms with Crippen molar-refractivity contribution in [1.82, 2.24) is 4.90 Å². The quantitative estimate of drug-likeness (QED) is 0.668. The molecule has 1 amide bonds. The average molecular weight is 466 g/mol. The van der Waals surface area contributed by atoms with Crippen molar-refractivity contribution in [3.63, 3.8) is 0 Å². The summed E-state index contributed by atoms with van der Waals surface area (Å²) >= 11 is 0. The number of nitrogens with one attached hydrogen (secondary N) is 1. The van der Waals surface area contributed by atoms with Crippen molar-refractivity contribution in [3.8, 4) is 0 Å². The summed E-state index contributed by atoms with van der Waals surface area (Å²) in [4.78, 5) is 17.4. The van der Waals surface area contributed by atoms with Crippen LogP contribution in [0.2, 0.25) is 0 Å². The highest BCUT2D eigenvalue weighted by Crippen LogP contribution is 2.30. The number of hydrogen-bond donors (Lipinski definition) is 2. The molecule has 3 aliphatic rings. The summed E-state index contributed by atoms with van der Waals surface area (Å²) in [5, 5.41) is 3.08. The number of amides is 1. The fourth-order valence-electron chi connectivity index (χ4n) is 4.40. The van der Waals surface area contributed by atoms with Crippen molar-refractivity contribution in [3.05, 3.63) is 24.3 Å². The van der Waals surface area contributed by atoms with Gasteiger partial charge in [0.25, 0.3) is 0 Å². The van der Waals surface area contributed by atoms with Gasteiger partial charge in [-0.25, -0.2) is 0 Å². The van der Waals surface area contributed by atoms with Crippen LogP contribution in [0.5, 0.6) is 0 Å². The number of carbonyl (C=O) groups excluding carboxylic acids is 1. The molecule has 2 aliphatic carbocycles. The van der Waals surface area contributed by atoms with Gasteiger partial charge in [0.1, 0.15) is 0 Å². The first-order chi connectivity index (χ1) is 12.7. The van der Waals surface area contributed by atoms with Crippen LogP contribution in [0.4, 0.5) is 11.4 Å². The smallest absolute Gasteiger partial charge is 0.224 e. The highest BCUT2D eigenvalue weighted by molar-refractivity contribution is 5.91. The van der Waals surface area contributed by atoms with Crippen LogP contribution in [0.25, 0.3) is 0 Å². The third-order valence-corrected chi connectivity index (χ3v) is 6.25. The minimum atomic E-state index is 0.